The molecule has 0 radical (unpaired) electrons. The number of nitrogens with one attached hydrogen (secondary N) is 1. The van der Waals surface area contributed by atoms with Crippen LogP contribution >= 0.6 is 11.3 Å². The molecule has 3 aliphatic heterocycles. The van der Waals surface area contributed by atoms with E-state index in [-0.39, 0.29) is 6.09 Å². The molecule has 2 unspecified atom stereocenters. The number of thiazole rings is 1. The van der Waals surface area contributed by atoms with Gasteiger partial charge in [-0.25, -0.2) is 9.78 Å². The fourth-order valence-electron chi connectivity index (χ4n) is 4.35. The van der Waals surface area contributed by atoms with E-state index < -0.39 is 0 Å². The number of hydrogen-bond acceptors (Lipinski definition) is 6. The molecule has 5 rings (SSSR count). The second-order valence-electron chi connectivity index (χ2n) is 7.53. The van der Waals surface area contributed by atoms with E-state index in [2.05, 4.69) is 10.2 Å². The smallest absolute Gasteiger partial charge is 0.410 e. The van der Waals surface area contributed by atoms with Crippen LogP contribution in [0.2, 0.25) is 0 Å². The predicted molar refractivity (Wildman–Crippen MR) is 105 cm³/mol. The van der Waals surface area contributed by atoms with Crippen molar-refractivity contribution >= 4 is 22.6 Å². The highest BCUT2D eigenvalue weighted by Crippen LogP contribution is 2.38. The number of carbonyl (C=O) groups excluding carboxylic acids is 1. The third kappa shape index (κ3) is 3.30. The summed E-state index contributed by atoms with van der Waals surface area (Å²) in [7, 11) is 0. The van der Waals surface area contributed by atoms with Gasteiger partial charge in [-0.15, -0.1) is 0 Å². The van der Waals surface area contributed by atoms with E-state index in [1.807, 2.05) is 30.3 Å². The lowest BCUT2D eigenvalue weighted by atomic mass is 10.2. The van der Waals surface area contributed by atoms with Gasteiger partial charge in [0.15, 0.2) is 5.13 Å². The molecule has 142 valence electrons. The number of carbonyl (C=O) groups is 1. The Morgan fingerprint density at radius 1 is 1.22 bits per heavy atom. The summed E-state index contributed by atoms with van der Waals surface area (Å²) in [4.78, 5) is 23.0. The Bertz CT molecular complexity index is 809. The average molecular weight is 385 g/mol. The molecule has 3 aliphatic rings. The molecular weight excluding hydrogens is 360 g/mol. The normalized spacial score (nSPS) is 24.0. The first-order chi connectivity index (χ1) is 13.3. The summed E-state index contributed by atoms with van der Waals surface area (Å²) in [6, 6.07) is 11.0. The summed E-state index contributed by atoms with van der Waals surface area (Å²) in [5.41, 5.74) is 2.18. The van der Waals surface area contributed by atoms with E-state index >= 15 is 0 Å². The molecular formula is C20H24N4O2S. The number of ether oxygens (including phenoxy) is 1. The van der Waals surface area contributed by atoms with Crippen molar-refractivity contribution in [2.75, 3.05) is 24.5 Å². The number of anilines is 1. The SMILES string of the molecule is O=C(OCc1ccccc1)N1CCc2nc(N3C4CCC3CNC4)sc2C1. The number of rotatable bonds is 3. The number of fused-ring (bicyclic) bond motifs is 3. The molecule has 4 heterocycles. The summed E-state index contributed by atoms with van der Waals surface area (Å²) < 4.78 is 5.50. The Morgan fingerprint density at radius 3 is 2.78 bits per heavy atom. The number of hydrogen-bond donors (Lipinski definition) is 1. The van der Waals surface area contributed by atoms with Crippen LogP contribution in [-0.4, -0.2) is 47.7 Å². The summed E-state index contributed by atoms with van der Waals surface area (Å²) in [5.74, 6) is 0. The van der Waals surface area contributed by atoms with Crippen LogP contribution in [0.15, 0.2) is 30.3 Å². The minimum atomic E-state index is -0.235. The molecule has 2 atom stereocenters. The topological polar surface area (TPSA) is 57.7 Å². The number of nitrogens with zero attached hydrogens (tertiary/aromatic N) is 3. The summed E-state index contributed by atoms with van der Waals surface area (Å²) in [5, 5.41) is 4.67. The summed E-state index contributed by atoms with van der Waals surface area (Å²) in [6.45, 7) is 3.72. The van der Waals surface area contributed by atoms with E-state index in [9.17, 15) is 4.79 Å². The maximum Gasteiger partial charge on any atom is 0.410 e. The van der Waals surface area contributed by atoms with E-state index in [1.54, 1.807) is 16.2 Å². The van der Waals surface area contributed by atoms with Gasteiger partial charge in [-0.05, 0) is 18.4 Å². The van der Waals surface area contributed by atoms with Crippen LogP contribution in [0.3, 0.4) is 0 Å². The quantitative estimate of drug-likeness (QED) is 0.882. The zero-order chi connectivity index (χ0) is 18.2. The second-order valence-corrected chi connectivity index (χ2v) is 8.59. The van der Waals surface area contributed by atoms with Crippen molar-refractivity contribution in [1.29, 1.82) is 0 Å². The van der Waals surface area contributed by atoms with Gasteiger partial charge in [-0.3, -0.25) is 0 Å². The zero-order valence-electron chi connectivity index (χ0n) is 15.3. The van der Waals surface area contributed by atoms with Crippen LogP contribution in [0.1, 0.15) is 29.0 Å². The van der Waals surface area contributed by atoms with E-state index in [4.69, 9.17) is 9.72 Å². The minimum Gasteiger partial charge on any atom is -0.445 e. The van der Waals surface area contributed by atoms with Crippen LogP contribution < -0.4 is 10.2 Å². The van der Waals surface area contributed by atoms with Gasteiger partial charge in [0.2, 0.25) is 0 Å². The number of aromatic nitrogens is 1. The van der Waals surface area contributed by atoms with E-state index in [0.717, 1.165) is 30.2 Å². The van der Waals surface area contributed by atoms with Crippen molar-refractivity contribution in [3.8, 4) is 0 Å². The van der Waals surface area contributed by atoms with Gasteiger partial charge in [-0.1, -0.05) is 41.7 Å². The van der Waals surface area contributed by atoms with Crippen molar-refractivity contribution in [2.24, 2.45) is 0 Å². The largest absolute Gasteiger partial charge is 0.445 e. The van der Waals surface area contributed by atoms with Crippen LogP contribution in [0, 0.1) is 0 Å². The van der Waals surface area contributed by atoms with Gasteiger partial charge in [-0.2, -0.15) is 0 Å². The summed E-state index contributed by atoms with van der Waals surface area (Å²) >= 11 is 1.76. The third-order valence-corrected chi connectivity index (χ3v) is 6.88. The van der Waals surface area contributed by atoms with Crippen LogP contribution in [0.25, 0.3) is 0 Å². The molecule has 2 bridgehead atoms. The minimum absolute atomic E-state index is 0.235. The van der Waals surface area contributed by atoms with Crippen LogP contribution in [-0.2, 0) is 24.3 Å². The Kier molecular flexibility index (Phi) is 4.49. The zero-order valence-corrected chi connectivity index (χ0v) is 16.1. The Hall–Kier alpha value is -2.12. The highest BCUT2D eigenvalue weighted by atomic mass is 32.1. The Morgan fingerprint density at radius 2 is 2.00 bits per heavy atom. The molecule has 0 aliphatic carbocycles. The Balaban J connectivity index is 1.25. The average Bonchev–Trinajstić information content (AvgIpc) is 3.23. The highest BCUT2D eigenvalue weighted by molar-refractivity contribution is 7.15. The molecule has 1 amide bonds. The lowest BCUT2D eigenvalue weighted by Crippen LogP contribution is -2.51. The van der Waals surface area contributed by atoms with Crippen molar-refractivity contribution in [2.45, 2.75) is 44.5 Å². The van der Waals surface area contributed by atoms with Gasteiger partial charge in [0.05, 0.1) is 12.2 Å². The molecule has 0 saturated carbocycles. The molecule has 2 saturated heterocycles. The number of amides is 1. The number of benzene rings is 1. The molecule has 0 spiro atoms. The molecule has 2 fully saturated rings. The van der Waals surface area contributed by atoms with Gasteiger partial charge in [0, 0.05) is 43.0 Å². The van der Waals surface area contributed by atoms with Crippen molar-refractivity contribution in [3.05, 3.63) is 46.5 Å². The maximum atomic E-state index is 12.5. The molecule has 27 heavy (non-hydrogen) atoms. The highest BCUT2D eigenvalue weighted by Gasteiger charge is 2.39. The predicted octanol–water partition coefficient (Wildman–Crippen LogP) is 2.78. The summed E-state index contributed by atoms with van der Waals surface area (Å²) in [6.07, 6.45) is 3.08. The maximum absolute atomic E-state index is 12.5. The molecule has 6 nitrogen and oxygen atoms in total. The second kappa shape index (κ2) is 7.13. The third-order valence-electron chi connectivity index (χ3n) is 5.78. The van der Waals surface area contributed by atoms with Crippen LogP contribution in [0.5, 0.6) is 0 Å². The number of piperazine rings is 1. The van der Waals surface area contributed by atoms with Gasteiger partial charge in [0.25, 0.3) is 0 Å². The molecule has 1 N–H and O–H groups in total. The van der Waals surface area contributed by atoms with Crippen molar-refractivity contribution in [3.63, 3.8) is 0 Å². The molecule has 1 aromatic carbocycles. The molecule has 2 aromatic rings. The fourth-order valence-corrected chi connectivity index (χ4v) is 5.62. The van der Waals surface area contributed by atoms with Gasteiger partial charge >= 0.3 is 6.09 Å². The standard InChI is InChI=1S/C20H24N4O2S/c25-20(26-13-14-4-2-1-3-5-14)23-9-8-17-18(12-23)27-19(22-17)24-15-6-7-16(24)11-21-10-15/h1-5,15-16,21H,6-13H2. The fraction of sp³-hybridized carbons (Fsp3) is 0.500. The molecule has 1 aromatic heterocycles. The van der Waals surface area contributed by atoms with Crippen molar-refractivity contribution in [1.82, 2.24) is 15.2 Å². The first-order valence-electron chi connectivity index (χ1n) is 9.71. The van der Waals surface area contributed by atoms with E-state index in [0.29, 0.717) is 31.8 Å². The first-order valence-corrected chi connectivity index (χ1v) is 10.5. The van der Waals surface area contributed by atoms with Crippen LogP contribution in [0.4, 0.5) is 9.93 Å². The lowest BCUT2D eigenvalue weighted by Gasteiger charge is -2.35. The monoisotopic (exact) mass is 384 g/mol. The van der Waals surface area contributed by atoms with E-state index in [1.165, 1.54) is 23.4 Å². The Labute approximate surface area is 163 Å². The van der Waals surface area contributed by atoms with Gasteiger partial charge in [0.1, 0.15) is 6.61 Å². The lowest BCUT2D eigenvalue weighted by molar-refractivity contribution is 0.0921. The van der Waals surface area contributed by atoms with Crippen molar-refractivity contribution < 1.29 is 9.53 Å². The first kappa shape index (κ1) is 17.0. The van der Waals surface area contributed by atoms with Gasteiger partial charge < -0.3 is 19.9 Å². The molecule has 7 heteroatoms.